The number of benzene rings is 1. The Bertz CT molecular complexity index is 468. The normalized spacial score (nSPS) is 30.8. The van der Waals surface area contributed by atoms with E-state index in [-0.39, 0.29) is 5.82 Å². The first-order valence-corrected chi connectivity index (χ1v) is 8.46. The summed E-state index contributed by atoms with van der Waals surface area (Å²) in [6.45, 7) is 9.59. The number of halogens is 1. The van der Waals surface area contributed by atoms with E-state index in [0.29, 0.717) is 18.2 Å². The number of morpholine rings is 1. The Kier molecular flexibility index (Phi) is 5.11. The van der Waals surface area contributed by atoms with Crippen LogP contribution >= 0.6 is 0 Å². The third-order valence-electron chi connectivity index (χ3n) is 4.76. The predicted molar refractivity (Wildman–Crippen MR) is 86.3 cm³/mol. The molecular weight excluding hydrogens is 279 g/mol. The third-order valence-corrected chi connectivity index (χ3v) is 4.76. The van der Waals surface area contributed by atoms with Crippen molar-refractivity contribution in [2.24, 2.45) is 0 Å². The van der Waals surface area contributed by atoms with Gasteiger partial charge in [-0.3, -0.25) is 9.80 Å². The minimum absolute atomic E-state index is 0.155. The van der Waals surface area contributed by atoms with Gasteiger partial charge in [-0.15, -0.1) is 0 Å². The van der Waals surface area contributed by atoms with E-state index in [4.69, 9.17) is 4.74 Å². The third kappa shape index (κ3) is 4.06. The second-order valence-electron chi connectivity index (χ2n) is 6.87. The van der Waals surface area contributed by atoms with Gasteiger partial charge in [-0.25, -0.2) is 4.39 Å². The van der Waals surface area contributed by atoms with Gasteiger partial charge in [0.2, 0.25) is 0 Å². The van der Waals surface area contributed by atoms with Crippen molar-refractivity contribution in [3.8, 4) is 0 Å². The Morgan fingerprint density at radius 3 is 2.50 bits per heavy atom. The van der Waals surface area contributed by atoms with Gasteiger partial charge >= 0.3 is 0 Å². The number of hydrogen-bond donors (Lipinski definition) is 0. The molecule has 3 rings (SSSR count). The number of ether oxygens (including phenoxy) is 1. The maximum atomic E-state index is 13.0. The second kappa shape index (κ2) is 7.07. The summed E-state index contributed by atoms with van der Waals surface area (Å²) in [5, 5.41) is 0. The fourth-order valence-electron chi connectivity index (χ4n) is 3.87. The van der Waals surface area contributed by atoms with Crippen LogP contribution in [0.2, 0.25) is 0 Å². The molecule has 1 aromatic carbocycles. The van der Waals surface area contributed by atoms with Gasteiger partial charge < -0.3 is 4.74 Å². The van der Waals surface area contributed by atoms with Crippen molar-refractivity contribution in [3.63, 3.8) is 0 Å². The van der Waals surface area contributed by atoms with Gasteiger partial charge in [0.1, 0.15) is 5.82 Å². The average molecular weight is 306 g/mol. The van der Waals surface area contributed by atoms with E-state index in [1.165, 1.54) is 18.4 Å². The van der Waals surface area contributed by atoms with Crippen LogP contribution in [0.15, 0.2) is 24.3 Å². The molecule has 0 aromatic heterocycles. The van der Waals surface area contributed by atoms with E-state index in [1.807, 2.05) is 12.1 Å². The van der Waals surface area contributed by atoms with E-state index in [9.17, 15) is 4.39 Å². The zero-order valence-corrected chi connectivity index (χ0v) is 13.7. The molecule has 3 atom stereocenters. The highest BCUT2D eigenvalue weighted by molar-refractivity contribution is 5.16. The second-order valence-corrected chi connectivity index (χ2v) is 6.87. The summed E-state index contributed by atoms with van der Waals surface area (Å²) in [4.78, 5) is 5.10. The summed E-state index contributed by atoms with van der Waals surface area (Å²) in [6, 6.07) is 7.55. The predicted octanol–water partition coefficient (Wildman–Crippen LogP) is 2.90. The van der Waals surface area contributed by atoms with Crippen LogP contribution in [0.25, 0.3) is 0 Å². The van der Waals surface area contributed by atoms with Crippen molar-refractivity contribution in [2.45, 2.75) is 51.5 Å². The fourth-order valence-corrected chi connectivity index (χ4v) is 3.87. The van der Waals surface area contributed by atoms with Crippen molar-refractivity contribution in [3.05, 3.63) is 35.6 Å². The first kappa shape index (κ1) is 15.9. The Balaban J connectivity index is 1.57. The Labute approximate surface area is 133 Å². The van der Waals surface area contributed by atoms with Crippen LogP contribution < -0.4 is 0 Å². The lowest BCUT2D eigenvalue weighted by Crippen LogP contribution is -2.50. The summed E-state index contributed by atoms with van der Waals surface area (Å²) in [5.74, 6) is -0.155. The maximum Gasteiger partial charge on any atom is 0.123 e. The summed E-state index contributed by atoms with van der Waals surface area (Å²) in [7, 11) is 0. The van der Waals surface area contributed by atoms with Crippen molar-refractivity contribution < 1.29 is 9.13 Å². The van der Waals surface area contributed by atoms with E-state index >= 15 is 0 Å². The number of likely N-dealkylation sites (tertiary alicyclic amines) is 1. The molecule has 4 heteroatoms. The molecule has 2 aliphatic heterocycles. The zero-order valence-electron chi connectivity index (χ0n) is 13.7. The molecule has 122 valence electrons. The summed E-state index contributed by atoms with van der Waals surface area (Å²) < 4.78 is 18.9. The highest BCUT2D eigenvalue weighted by Crippen LogP contribution is 2.22. The molecule has 3 unspecified atom stereocenters. The van der Waals surface area contributed by atoms with Gasteiger partial charge in [0.15, 0.2) is 0 Å². The van der Waals surface area contributed by atoms with Crippen LogP contribution in [-0.4, -0.2) is 54.2 Å². The van der Waals surface area contributed by atoms with Crippen LogP contribution in [0, 0.1) is 5.82 Å². The van der Waals surface area contributed by atoms with Crippen molar-refractivity contribution in [1.82, 2.24) is 9.80 Å². The molecule has 2 fully saturated rings. The molecule has 2 heterocycles. The van der Waals surface area contributed by atoms with Crippen LogP contribution in [-0.2, 0) is 11.3 Å². The molecule has 0 aliphatic carbocycles. The van der Waals surface area contributed by atoms with E-state index in [2.05, 4.69) is 23.6 Å². The molecule has 22 heavy (non-hydrogen) atoms. The van der Waals surface area contributed by atoms with Gasteiger partial charge in [0.05, 0.1) is 12.2 Å². The molecular formula is C18H27FN2O. The minimum atomic E-state index is -0.155. The van der Waals surface area contributed by atoms with Gasteiger partial charge in [-0.1, -0.05) is 12.1 Å². The smallest absolute Gasteiger partial charge is 0.123 e. The highest BCUT2D eigenvalue weighted by Gasteiger charge is 2.29. The molecule has 2 aliphatic rings. The van der Waals surface area contributed by atoms with Crippen molar-refractivity contribution >= 4 is 0 Å². The molecule has 1 aromatic rings. The topological polar surface area (TPSA) is 15.7 Å². The van der Waals surface area contributed by atoms with Gasteiger partial charge in [-0.2, -0.15) is 0 Å². The molecule has 3 nitrogen and oxygen atoms in total. The van der Waals surface area contributed by atoms with Crippen LogP contribution in [0.1, 0.15) is 32.3 Å². The number of rotatable bonds is 4. The molecule has 0 spiro atoms. The van der Waals surface area contributed by atoms with Gasteiger partial charge in [0, 0.05) is 32.2 Å². The van der Waals surface area contributed by atoms with Gasteiger partial charge in [-0.05, 0) is 50.9 Å². The first-order chi connectivity index (χ1) is 10.6. The highest BCUT2D eigenvalue weighted by atomic mass is 19.1. The molecule has 0 bridgehead atoms. The average Bonchev–Trinajstić information content (AvgIpc) is 2.87. The van der Waals surface area contributed by atoms with E-state index in [0.717, 1.165) is 32.7 Å². The maximum absolute atomic E-state index is 13.0. The largest absolute Gasteiger partial charge is 0.373 e. The van der Waals surface area contributed by atoms with Crippen molar-refractivity contribution in [2.75, 3.05) is 26.2 Å². The summed E-state index contributed by atoms with van der Waals surface area (Å²) in [6.07, 6.45) is 3.19. The molecule has 0 amide bonds. The van der Waals surface area contributed by atoms with E-state index < -0.39 is 0 Å². The lowest BCUT2D eigenvalue weighted by molar-refractivity contribution is -0.0724. The molecule has 0 saturated carbocycles. The first-order valence-electron chi connectivity index (χ1n) is 8.46. The monoisotopic (exact) mass is 306 g/mol. The van der Waals surface area contributed by atoms with Crippen LogP contribution in [0.5, 0.6) is 0 Å². The summed E-state index contributed by atoms with van der Waals surface area (Å²) in [5.41, 5.74) is 1.21. The van der Waals surface area contributed by atoms with Gasteiger partial charge in [0.25, 0.3) is 0 Å². The minimum Gasteiger partial charge on any atom is -0.373 e. The lowest BCUT2D eigenvalue weighted by Gasteiger charge is -2.38. The van der Waals surface area contributed by atoms with Crippen LogP contribution in [0.3, 0.4) is 0 Å². The Morgan fingerprint density at radius 2 is 1.82 bits per heavy atom. The van der Waals surface area contributed by atoms with E-state index in [1.54, 1.807) is 12.1 Å². The number of hydrogen-bond acceptors (Lipinski definition) is 3. The van der Waals surface area contributed by atoms with Crippen molar-refractivity contribution in [1.29, 1.82) is 0 Å². The SMILES string of the molecule is CC1CN(CC2CCCN2Cc2ccc(F)cc2)CC(C)O1. The van der Waals surface area contributed by atoms with Crippen LogP contribution in [0.4, 0.5) is 4.39 Å². The molecule has 2 saturated heterocycles. The Hall–Kier alpha value is -0.970. The lowest BCUT2D eigenvalue weighted by atomic mass is 10.1. The summed E-state index contributed by atoms with van der Waals surface area (Å²) >= 11 is 0. The Morgan fingerprint density at radius 1 is 1.14 bits per heavy atom. The quantitative estimate of drug-likeness (QED) is 0.851. The fraction of sp³-hybridized carbons (Fsp3) is 0.667. The number of nitrogens with zero attached hydrogens (tertiary/aromatic N) is 2. The molecule has 0 radical (unpaired) electrons. The standard InChI is InChI=1S/C18H27FN2O/c1-14-10-20(11-15(2)22-14)13-18-4-3-9-21(18)12-16-5-7-17(19)8-6-16/h5-8,14-15,18H,3-4,9-13H2,1-2H3. The molecule has 0 N–H and O–H groups in total. The zero-order chi connectivity index (χ0) is 15.5.